The average molecular weight is 306 g/mol. The summed E-state index contributed by atoms with van der Waals surface area (Å²) in [5.41, 5.74) is 2.46. The number of anilines is 1. The van der Waals surface area contributed by atoms with Gasteiger partial charge in [0, 0.05) is 18.3 Å². The minimum absolute atomic E-state index is 0.117. The number of carbonyl (C=O) groups excluding carboxylic acids is 1. The van der Waals surface area contributed by atoms with Crippen molar-refractivity contribution in [2.24, 2.45) is 0 Å². The van der Waals surface area contributed by atoms with Gasteiger partial charge in [-0.15, -0.1) is 0 Å². The highest BCUT2D eigenvalue weighted by Gasteiger charge is 2.09. The fourth-order valence-corrected chi connectivity index (χ4v) is 2.04. The number of hydrogen-bond donors (Lipinski definition) is 3. The van der Waals surface area contributed by atoms with E-state index in [4.69, 9.17) is 11.6 Å². The van der Waals surface area contributed by atoms with Crippen LogP contribution in [-0.2, 0) is 6.54 Å². The number of aromatic hydroxyl groups is 1. The number of aromatic nitrogens is 1. The summed E-state index contributed by atoms with van der Waals surface area (Å²) in [5, 5.41) is 15.9. The van der Waals surface area contributed by atoms with Crippen LogP contribution in [0.25, 0.3) is 0 Å². The van der Waals surface area contributed by atoms with Crippen molar-refractivity contribution >= 4 is 23.2 Å². The first-order chi connectivity index (χ1) is 10.0. The summed E-state index contributed by atoms with van der Waals surface area (Å²) in [7, 11) is 1.57. The van der Waals surface area contributed by atoms with Crippen LogP contribution in [0.4, 0.5) is 5.69 Å². The SMILES string of the molecule is CNC(=O)c1ccc(Cl)c(NCc2nc(C)ccc2O)c1. The lowest BCUT2D eigenvalue weighted by molar-refractivity contribution is 0.0963. The summed E-state index contributed by atoms with van der Waals surface area (Å²) in [6.07, 6.45) is 0. The zero-order chi connectivity index (χ0) is 15.4. The van der Waals surface area contributed by atoms with Crippen LogP contribution in [0.15, 0.2) is 30.3 Å². The maximum Gasteiger partial charge on any atom is 0.251 e. The molecule has 1 aromatic heterocycles. The molecule has 21 heavy (non-hydrogen) atoms. The maximum absolute atomic E-state index is 11.6. The summed E-state index contributed by atoms with van der Waals surface area (Å²) in [5.74, 6) is -0.0714. The lowest BCUT2D eigenvalue weighted by Gasteiger charge is -2.11. The molecule has 0 atom stereocenters. The lowest BCUT2D eigenvalue weighted by atomic mass is 10.2. The van der Waals surface area contributed by atoms with Crippen LogP contribution in [0.5, 0.6) is 5.75 Å². The summed E-state index contributed by atoms with van der Waals surface area (Å²) in [6, 6.07) is 8.29. The lowest BCUT2D eigenvalue weighted by Crippen LogP contribution is -2.18. The number of pyridine rings is 1. The van der Waals surface area contributed by atoms with Gasteiger partial charge in [-0.25, -0.2) is 0 Å². The Morgan fingerprint density at radius 1 is 1.33 bits per heavy atom. The Balaban J connectivity index is 2.19. The van der Waals surface area contributed by atoms with Crippen molar-refractivity contribution in [3.05, 3.63) is 52.3 Å². The Hall–Kier alpha value is -2.27. The molecular formula is C15H16ClN3O2. The number of aryl methyl sites for hydroxylation is 1. The van der Waals surface area contributed by atoms with E-state index in [2.05, 4.69) is 15.6 Å². The highest BCUT2D eigenvalue weighted by atomic mass is 35.5. The van der Waals surface area contributed by atoms with Gasteiger partial charge in [0.25, 0.3) is 5.91 Å². The first-order valence-corrected chi connectivity index (χ1v) is 6.80. The summed E-state index contributed by atoms with van der Waals surface area (Å²) >= 11 is 6.10. The Morgan fingerprint density at radius 3 is 2.81 bits per heavy atom. The molecule has 0 unspecified atom stereocenters. The Labute approximate surface area is 128 Å². The second-order valence-corrected chi connectivity index (χ2v) is 4.95. The van der Waals surface area contributed by atoms with Crippen molar-refractivity contribution in [3.8, 4) is 5.75 Å². The predicted molar refractivity (Wildman–Crippen MR) is 82.8 cm³/mol. The Kier molecular flexibility index (Phi) is 4.65. The number of amides is 1. The zero-order valence-corrected chi connectivity index (χ0v) is 12.5. The maximum atomic E-state index is 11.6. The number of nitrogens with one attached hydrogen (secondary N) is 2. The fraction of sp³-hybridized carbons (Fsp3) is 0.200. The largest absolute Gasteiger partial charge is 0.506 e. The molecule has 2 aromatic rings. The van der Waals surface area contributed by atoms with E-state index in [0.717, 1.165) is 5.69 Å². The van der Waals surface area contributed by atoms with Gasteiger partial charge in [0.1, 0.15) is 11.4 Å². The van der Waals surface area contributed by atoms with Crippen LogP contribution in [0.2, 0.25) is 5.02 Å². The molecular weight excluding hydrogens is 290 g/mol. The summed E-state index contributed by atoms with van der Waals surface area (Å²) < 4.78 is 0. The second-order valence-electron chi connectivity index (χ2n) is 4.55. The number of hydrogen-bond acceptors (Lipinski definition) is 4. The average Bonchev–Trinajstić information content (AvgIpc) is 2.48. The Morgan fingerprint density at radius 2 is 2.10 bits per heavy atom. The molecule has 0 saturated carbocycles. The van der Waals surface area contributed by atoms with E-state index in [0.29, 0.717) is 28.5 Å². The van der Waals surface area contributed by atoms with Gasteiger partial charge in [0.15, 0.2) is 0 Å². The number of nitrogens with zero attached hydrogens (tertiary/aromatic N) is 1. The van der Waals surface area contributed by atoms with Gasteiger partial charge in [-0.05, 0) is 37.3 Å². The predicted octanol–water partition coefficient (Wildman–Crippen LogP) is 2.72. The first kappa shape index (κ1) is 15.1. The fourth-order valence-electron chi connectivity index (χ4n) is 1.86. The van der Waals surface area contributed by atoms with Crippen molar-refractivity contribution in [1.82, 2.24) is 10.3 Å². The van der Waals surface area contributed by atoms with Gasteiger partial charge in [-0.2, -0.15) is 0 Å². The molecule has 110 valence electrons. The molecule has 0 saturated heterocycles. The van der Waals surface area contributed by atoms with E-state index in [1.807, 2.05) is 6.92 Å². The molecule has 0 aliphatic rings. The third-order valence-electron chi connectivity index (χ3n) is 2.99. The molecule has 0 aliphatic carbocycles. The van der Waals surface area contributed by atoms with Crippen LogP contribution in [0.3, 0.4) is 0 Å². The van der Waals surface area contributed by atoms with E-state index in [1.54, 1.807) is 37.4 Å². The van der Waals surface area contributed by atoms with Crippen LogP contribution < -0.4 is 10.6 Å². The van der Waals surface area contributed by atoms with Gasteiger partial charge in [0.05, 0.1) is 17.3 Å². The van der Waals surface area contributed by atoms with Crippen LogP contribution in [-0.4, -0.2) is 23.0 Å². The van der Waals surface area contributed by atoms with Crippen molar-refractivity contribution < 1.29 is 9.90 Å². The smallest absolute Gasteiger partial charge is 0.251 e. The minimum atomic E-state index is -0.189. The van der Waals surface area contributed by atoms with Crippen LogP contribution >= 0.6 is 11.6 Å². The van der Waals surface area contributed by atoms with E-state index < -0.39 is 0 Å². The highest BCUT2D eigenvalue weighted by molar-refractivity contribution is 6.33. The monoisotopic (exact) mass is 305 g/mol. The van der Waals surface area contributed by atoms with E-state index in [-0.39, 0.29) is 11.7 Å². The quantitative estimate of drug-likeness (QED) is 0.812. The molecule has 3 N–H and O–H groups in total. The number of rotatable bonds is 4. The molecule has 0 spiro atoms. The summed E-state index contributed by atoms with van der Waals surface area (Å²) in [4.78, 5) is 15.9. The third kappa shape index (κ3) is 3.64. The van der Waals surface area contributed by atoms with Crippen molar-refractivity contribution in [1.29, 1.82) is 0 Å². The molecule has 0 bridgehead atoms. The van der Waals surface area contributed by atoms with Gasteiger partial charge in [0.2, 0.25) is 0 Å². The molecule has 1 heterocycles. The molecule has 1 aromatic carbocycles. The van der Waals surface area contributed by atoms with Crippen molar-refractivity contribution in [3.63, 3.8) is 0 Å². The number of carbonyl (C=O) groups is 1. The van der Waals surface area contributed by atoms with Crippen molar-refractivity contribution in [2.45, 2.75) is 13.5 Å². The van der Waals surface area contributed by atoms with Crippen LogP contribution in [0, 0.1) is 6.92 Å². The van der Waals surface area contributed by atoms with E-state index in [1.165, 1.54) is 0 Å². The number of halogens is 1. The molecule has 0 fully saturated rings. The standard InChI is InChI=1S/C15H16ClN3O2/c1-9-3-6-14(20)13(19-9)8-18-12-7-10(15(21)17-2)4-5-11(12)16/h3-7,18,20H,8H2,1-2H3,(H,17,21). The van der Waals surface area contributed by atoms with Crippen LogP contribution in [0.1, 0.15) is 21.7 Å². The molecule has 1 amide bonds. The summed E-state index contributed by atoms with van der Waals surface area (Å²) in [6.45, 7) is 2.16. The highest BCUT2D eigenvalue weighted by Crippen LogP contribution is 2.24. The molecule has 2 rings (SSSR count). The normalized spacial score (nSPS) is 10.2. The van der Waals surface area contributed by atoms with Gasteiger partial charge in [-0.3, -0.25) is 9.78 Å². The second kappa shape index (κ2) is 6.45. The third-order valence-corrected chi connectivity index (χ3v) is 3.32. The topological polar surface area (TPSA) is 74.2 Å². The van der Waals surface area contributed by atoms with Gasteiger partial charge < -0.3 is 15.7 Å². The van der Waals surface area contributed by atoms with Gasteiger partial charge >= 0.3 is 0 Å². The molecule has 0 aliphatic heterocycles. The van der Waals surface area contributed by atoms with Crippen molar-refractivity contribution in [2.75, 3.05) is 12.4 Å². The zero-order valence-electron chi connectivity index (χ0n) is 11.8. The molecule has 5 nitrogen and oxygen atoms in total. The van der Waals surface area contributed by atoms with Gasteiger partial charge in [-0.1, -0.05) is 11.6 Å². The number of benzene rings is 1. The molecule has 6 heteroatoms. The molecule has 0 radical (unpaired) electrons. The first-order valence-electron chi connectivity index (χ1n) is 6.42. The Bertz CT molecular complexity index is 674. The van der Waals surface area contributed by atoms with E-state index >= 15 is 0 Å². The van der Waals surface area contributed by atoms with E-state index in [9.17, 15) is 9.90 Å². The minimum Gasteiger partial charge on any atom is -0.506 e.